The van der Waals surface area contributed by atoms with Crippen LogP contribution in [0.4, 0.5) is 0 Å². The minimum Gasteiger partial charge on any atom is -0.314 e. The number of piperazine rings is 1. The zero-order valence-corrected chi connectivity index (χ0v) is 13.7. The Labute approximate surface area is 128 Å². The summed E-state index contributed by atoms with van der Waals surface area (Å²) in [6, 6.07) is -0.240. The molecule has 1 aromatic heterocycles. The number of aryl methyl sites for hydroxylation is 1. The number of nitrogens with one attached hydrogen (secondary N) is 1. The van der Waals surface area contributed by atoms with Crippen molar-refractivity contribution in [3.05, 3.63) is 27.0 Å². The average molecular weight is 339 g/mol. The Hall–Kier alpha value is -1.16. The first-order valence-electron chi connectivity index (χ1n) is 6.26. The third-order valence-electron chi connectivity index (χ3n) is 3.44. The fraction of sp³-hybridized carbons (Fsp3) is 0.636. The maximum absolute atomic E-state index is 12.6. The Morgan fingerprint density at radius 1 is 1.29 bits per heavy atom. The summed E-state index contributed by atoms with van der Waals surface area (Å²) in [7, 11) is -1.22. The second kappa shape index (κ2) is 6.30. The first-order chi connectivity index (χ1) is 9.26. The Kier molecular flexibility index (Phi) is 5.37. The van der Waals surface area contributed by atoms with Crippen molar-refractivity contribution in [3.8, 4) is 0 Å². The van der Waals surface area contributed by atoms with Crippen molar-refractivity contribution in [1.29, 1.82) is 0 Å². The summed E-state index contributed by atoms with van der Waals surface area (Å²) in [4.78, 5) is 23.3. The van der Waals surface area contributed by atoms with Gasteiger partial charge in [0.05, 0.1) is 0 Å². The fourth-order valence-corrected chi connectivity index (χ4v) is 4.04. The third kappa shape index (κ3) is 3.05. The van der Waals surface area contributed by atoms with Crippen molar-refractivity contribution in [2.75, 3.05) is 19.6 Å². The van der Waals surface area contributed by atoms with E-state index in [1.807, 2.05) is 0 Å². The lowest BCUT2D eigenvalue weighted by Crippen LogP contribution is -2.53. The van der Waals surface area contributed by atoms with E-state index < -0.39 is 21.3 Å². The molecule has 0 aliphatic carbocycles. The normalized spacial score (nSPS) is 20.0. The van der Waals surface area contributed by atoms with Crippen LogP contribution in [-0.2, 0) is 24.1 Å². The molecule has 1 atom stereocenters. The van der Waals surface area contributed by atoms with Crippen LogP contribution in [0.3, 0.4) is 0 Å². The van der Waals surface area contributed by atoms with Gasteiger partial charge < -0.3 is 9.88 Å². The van der Waals surface area contributed by atoms with Crippen molar-refractivity contribution < 1.29 is 8.42 Å². The first-order valence-corrected chi connectivity index (χ1v) is 7.70. The number of aromatic nitrogens is 2. The lowest BCUT2D eigenvalue weighted by atomic mass is 10.3. The minimum absolute atomic E-state index is 0. The molecule has 2 rings (SSSR count). The van der Waals surface area contributed by atoms with Crippen molar-refractivity contribution in [2.24, 2.45) is 14.1 Å². The number of rotatable bonds is 2. The van der Waals surface area contributed by atoms with E-state index in [1.165, 1.54) is 18.4 Å². The van der Waals surface area contributed by atoms with Gasteiger partial charge in [0, 0.05) is 46.0 Å². The Balaban J connectivity index is 0.00000220. The van der Waals surface area contributed by atoms with E-state index in [0.29, 0.717) is 19.6 Å². The summed E-state index contributed by atoms with van der Waals surface area (Å²) in [6.45, 7) is 3.15. The number of halogens is 1. The molecule has 1 saturated heterocycles. The number of hydrogen-bond donors (Lipinski definition) is 1. The molecule has 1 N–H and O–H groups in total. The summed E-state index contributed by atoms with van der Waals surface area (Å²) < 4.78 is 28.4. The van der Waals surface area contributed by atoms with Crippen LogP contribution in [0.15, 0.2) is 20.7 Å². The van der Waals surface area contributed by atoms with Crippen LogP contribution in [0.1, 0.15) is 6.92 Å². The highest BCUT2D eigenvalue weighted by molar-refractivity contribution is 7.89. The van der Waals surface area contributed by atoms with E-state index in [9.17, 15) is 18.0 Å². The highest BCUT2D eigenvalue weighted by Gasteiger charge is 2.33. The van der Waals surface area contributed by atoms with Gasteiger partial charge in [-0.2, -0.15) is 4.31 Å². The molecule has 21 heavy (non-hydrogen) atoms. The molecule has 0 saturated carbocycles. The van der Waals surface area contributed by atoms with E-state index in [0.717, 1.165) is 15.3 Å². The summed E-state index contributed by atoms with van der Waals surface area (Å²) in [6.07, 6.45) is 1.09. The van der Waals surface area contributed by atoms with Gasteiger partial charge in [-0.15, -0.1) is 12.4 Å². The topological polar surface area (TPSA) is 93.4 Å². The highest BCUT2D eigenvalue weighted by Crippen LogP contribution is 2.15. The molecule has 10 heteroatoms. The monoisotopic (exact) mass is 338 g/mol. The maximum atomic E-state index is 12.6. The summed E-state index contributed by atoms with van der Waals surface area (Å²) in [5.74, 6) is 0. The minimum atomic E-state index is -3.90. The molecule has 1 aromatic rings. The molecule has 1 unspecified atom stereocenters. The van der Waals surface area contributed by atoms with Gasteiger partial charge in [0.1, 0.15) is 0 Å². The third-order valence-corrected chi connectivity index (χ3v) is 5.44. The van der Waals surface area contributed by atoms with Crippen molar-refractivity contribution in [1.82, 2.24) is 18.8 Å². The number of sulfonamides is 1. The van der Waals surface area contributed by atoms with Crippen molar-refractivity contribution in [2.45, 2.75) is 17.9 Å². The molecule has 0 aromatic carbocycles. The Morgan fingerprint density at radius 3 is 2.48 bits per heavy atom. The molecular weight excluding hydrogens is 320 g/mol. The van der Waals surface area contributed by atoms with Gasteiger partial charge in [0.15, 0.2) is 4.90 Å². The predicted octanol–water partition coefficient (Wildman–Crippen LogP) is -1.51. The molecule has 1 aliphatic rings. The molecule has 0 radical (unpaired) electrons. The second-order valence-corrected chi connectivity index (χ2v) is 6.78. The lowest BCUT2D eigenvalue weighted by molar-refractivity contribution is 0.283. The molecule has 120 valence electrons. The van der Waals surface area contributed by atoms with Gasteiger partial charge in [0.25, 0.3) is 5.56 Å². The first kappa shape index (κ1) is 17.9. The predicted molar refractivity (Wildman–Crippen MR) is 80.4 cm³/mol. The summed E-state index contributed by atoms with van der Waals surface area (Å²) in [5.41, 5.74) is -1.35. The molecule has 2 heterocycles. The van der Waals surface area contributed by atoms with Gasteiger partial charge in [-0.1, -0.05) is 0 Å². The standard InChI is InChI=1S/C11H18N4O4S.ClH/c1-8-6-12-4-5-15(8)20(18,19)9-7-13(2)11(17)14(3)10(9)16;/h7-8,12H,4-6H2,1-3H3;1H. The lowest BCUT2D eigenvalue weighted by Gasteiger charge is -2.32. The van der Waals surface area contributed by atoms with Crippen LogP contribution in [0.5, 0.6) is 0 Å². The molecule has 0 amide bonds. The second-order valence-electron chi connectivity index (χ2n) is 4.92. The summed E-state index contributed by atoms with van der Waals surface area (Å²) in [5, 5.41) is 3.09. The van der Waals surface area contributed by atoms with Crippen LogP contribution in [0.2, 0.25) is 0 Å². The van der Waals surface area contributed by atoms with E-state index in [-0.39, 0.29) is 23.3 Å². The van der Waals surface area contributed by atoms with Gasteiger partial charge in [0.2, 0.25) is 10.0 Å². The van der Waals surface area contributed by atoms with Crippen molar-refractivity contribution >= 4 is 22.4 Å². The van der Waals surface area contributed by atoms with Crippen LogP contribution < -0.4 is 16.6 Å². The number of hydrogen-bond acceptors (Lipinski definition) is 5. The van der Waals surface area contributed by atoms with E-state index in [1.54, 1.807) is 6.92 Å². The van der Waals surface area contributed by atoms with Gasteiger partial charge in [-0.3, -0.25) is 9.36 Å². The molecule has 0 bridgehead atoms. The number of nitrogens with zero attached hydrogens (tertiary/aromatic N) is 3. The maximum Gasteiger partial charge on any atom is 0.330 e. The zero-order valence-electron chi connectivity index (χ0n) is 12.1. The fourth-order valence-electron chi connectivity index (χ4n) is 2.26. The molecule has 1 fully saturated rings. The Morgan fingerprint density at radius 2 is 1.90 bits per heavy atom. The molecule has 8 nitrogen and oxygen atoms in total. The van der Waals surface area contributed by atoms with E-state index in [4.69, 9.17) is 0 Å². The smallest absolute Gasteiger partial charge is 0.314 e. The Bertz CT molecular complexity index is 740. The van der Waals surface area contributed by atoms with Crippen LogP contribution >= 0.6 is 12.4 Å². The summed E-state index contributed by atoms with van der Waals surface area (Å²) >= 11 is 0. The largest absolute Gasteiger partial charge is 0.330 e. The van der Waals surface area contributed by atoms with Crippen LogP contribution in [-0.4, -0.2) is 47.5 Å². The van der Waals surface area contributed by atoms with E-state index in [2.05, 4.69) is 5.32 Å². The zero-order chi connectivity index (χ0) is 15.1. The van der Waals surface area contributed by atoms with Gasteiger partial charge >= 0.3 is 5.69 Å². The van der Waals surface area contributed by atoms with Gasteiger partial charge in [-0.25, -0.2) is 13.2 Å². The van der Waals surface area contributed by atoms with Crippen molar-refractivity contribution in [3.63, 3.8) is 0 Å². The van der Waals surface area contributed by atoms with Gasteiger partial charge in [-0.05, 0) is 6.92 Å². The molecule has 0 spiro atoms. The van der Waals surface area contributed by atoms with E-state index >= 15 is 0 Å². The van der Waals surface area contributed by atoms with Crippen LogP contribution in [0, 0.1) is 0 Å². The van der Waals surface area contributed by atoms with Crippen LogP contribution in [0.25, 0.3) is 0 Å². The highest BCUT2D eigenvalue weighted by atomic mass is 35.5. The molecule has 1 aliphatic heterocycles. The quantitative estimate of drug-likeness (QED) is 0.707. The SMILES string of the molecule is CC1CNCCN1S(=O)(=O)c1cn(C)c(=O)n(C)c1=O.Cl. The molecular formula is C11H19ClN4O4S. The average Bonchev–Trinajstić information content (AvgIpc) is 2.40.